The van der Waals surface area contributed by atoms with Crippen molar-refractivity contribution in [2.75, 3.05) is 0 Å². The molecule has 5 rings (SSSR count). The third-order valence-electron chi connectivity index (χ3n) is 4.28. The maximum absolute atomic E-state index is 11.5. The minimum atomic E-state index is -0.592. The van der Waals surface area contributed by atoms with Crippen LogP contribution in [0.3, 0.4) is 0 Å². The van der Waals surface area contributed by atoms with Crippen LogP contribution in [0.5, 0.6) is 0 Å². The highest BCUT2D eigenvalue weighted by Crippen LogP contribution is 2.54. The summed E-state index contributed by atoms with van der Waals surface area (Å²) in [4.78, 5) is 11.5. The fourth-order valence-electron chi connectivity index (χ4n) is 3.64. The van der Waals surface area contributed by atoms with Crippen molar-refractivity contribution in [1.29, 1.82) is 0 Å². The number of ketones is 1. The summed E-state index contributed by atoms with van der Waals surface area (Å²) in [5.74, 6) is 2.04. The molecule has 4 bridgehead atoms. The Hall–Kier alpha value is -0.370. The molecule has 0 heterocycles. The third-order valence-corrected chi connectivity index (χ3v) is 4.28. The first-order valence-electron chi connectivity index (χ1n) is 4.99. The number of hydrogen-bond donors (Lipinski definition) is 1. The van der Waals surface area contributed by atoms with Crippen molar-refractivity contribution in [2.45, 2.75) is 31.8 Å². The van der Waals surface area contributed by atoms with Crippen LogP contribution in [0.4, 0.5) is 0 Å². The summed E-state index contributed by atoms with van der Waals surface area (Å²) < 4.78 is 0. The lowest BCUT2D eigenvalue weighted by Gasteiger charge is -2.53. The Labute approximate surface area is 72.0 Å². The molecule has 0 spiro atoms. The van der Waals surface area contributed by atoms with E-state index in [1.807, 2.05) is 0 Å². The highest BCUT2D eigenvalue weighted by Gasteiger charge is 2.54. The summed E-state index contributed by atoms with van der Waals surface area (Å²) in [6.45, 7) is 0. The van der Waals surface area contributed by atoms with Gasteiger partial charge in [-0.1, -0.05) is 0 Å². The van der Waals surface area contributed by atoms with Crippen molar-refractivity contribution in [3.05, 3.63) is 0 Å². The van der Waals surface area contributed by atoms with E-state index in [0.29, 0.717) is 17.8 Å². The van der Waals surface area contributed by atoms with E-state index in [1.54, 1.807) is 0 Å². The largest absolute Gasteiger partial charge is 0.385 e. The summed E-state index contributed by atoms with van der Waals surface area (Å²) in [5, 5.41) is 9.64. The Morgan fingerprint density at radius 3 is 2.50 bits per heavy atom. The molecule has 5 aliphatic carbocycles. The number of hydrogen-bond acceptors (Lipinski definition) is 2. The molecule has 0 aromatic rings. The number of Topliss-reactive ketones (excluding diaryl/α,β-unsaturated/α-hetero) is 1. The highest BCUT2D eigenvalue weighted by molar-refractivity contribution is 5.87. The lowest BCUT2D eigenvalue weighted by atomic mass is 9.52. The predicted molar refractivity (Wildman–Crippen MR) is 43.4 cm³/mol. The van der Waals surface area contributed by atoms with E-state index in [-0.39, 0.29) is 11.7 Å². The lowest BCUT2D eigenvalue weighted by Crippen LogP contribution is -2.56. The van der Waals surface area contributed by atoms with Crippen LogP contribution in [0.1, 0.15) is 25.7 Å². The number of fused-ring (bicyclic) bond motifs is 2. The number of aliphatic hydroxyl groups is 1. The van der Waals surface area contributed by atoms with Gasteiger partial charge in [-0.05, 0) is 43.4 Å². The predicted octanol–water partition coefficient (Wildman–Crippen LogP) is 0.982. The fraction of sp³-hybridized carbons (Fsp3) is 0.900. The van der Waals surface area contributed by atoms with E-state index in [4.69, 9.17) is 0 Å². The number of aliphatic hydroxyl groups excluding tert-OH is 1. The van der Waals surface area contributed by atoms with Gasteiger partial charge in [0, 0.05) is 5.92 Å². The molecule has 0 aliphatic heterocycles. The molecule has 0 aromatic carbocycles. The minimum absolute atomic E-state index is 0.159. The van der Waals surface area contributed by atoms with E-state index < -0.39 is 6.10 Å². The standard InChI is InChI=1S/C10H14O2/c11-9-7-4-6-2-1-5(7)3-8(6)10(9)12/h5-9,11H,1-4H2. The van der Waals surface area contributed by atoms with Gasteiger partial charge in [-0.15, -0.1) is 0 Å². The molecule has 5 saturated carbocycles. The summed E-state index contributed by atoms with van der Waals surface area (Å²) in [6.07, 6.45) is 4.12. The molecule has 0 amide bonds. The van der Waals surface area contributed by atoms with Crippen molar-refractivity contribution >= 4 is 5.78 Å². The Kier molecular flexibility index (Phi) is 1.24. The van der Waals surface area contributed by atoms with Gasteiger partial charge in [0.1, 0.15) is 6.10 Å². The monoisotopic (exact) mass is 166 g/mol. The fourth-order valence-corrected chi connectivity index (χ4v) is 3.64. The van der Waals surface area contributed by atoms with Gasteiger partial charge < -0.3 is 5.11 Å². The van der Waals surface area contributed by atoms with Crippen LogP contribution >= 0.6 is 0 Å². The van der Waals surface area contributed by atoms with E-state index in [2.05, 4.69) is 0 Å². The second kappa shape index (κ2) is 2.11. The van der Waals surface area contributed by atoms with Crippen LogP contribution in [0.2, 0.25) is 0 Å². The van der Waals surface area contributed by atoms with Crippen molar-refractivity contribution < 1.29 is 9.90 Å². The zero-order valence-electron chi connectivity index (χ0n) is 7.07. The smallest absolute Gasteiger partial charge is 0.164 e. The van der Waals surface area contributed by atoms with Crippen LogP contribution in [0.25, 0.3) is 0 Å². The van der Waals surface area contributed by atoms with Crippen molar-refractivity contribution in [3.63, 3.8) is 0 Å². The molecule has 66 valence electrons. The Bertz CT molecular complexity index is 236. The third kappa shape index (κ3) is 0.674. The van der Waals surface area contributed by atoms with E-state index in [0.717, 1.165) is 12.8 Å². The van der Waals surface area contributed by atoms with Gasteiger partial charge in [-0.25, -0.2) is 0 Å². The van der Waals surface area contributed by atoms with Crippen LogP contribution in [-0.2, 0) is 4.79 Å². The van der Waals surface area contributed by atoms with Crippen LogP contribution in [0.15, 0.2) is 0 Å². The average molecular weight is 166 g/mol. The van der Waals surface area contributed by atoms with Crippen molar-refractivity contribution in [2.24, 2.45) is 23.7 Å². The van der Waals surface area contributed by atoms with Crippen LogP contribution in [-0.4, -0.2) is 17.0 Å². The van der Waals surface area contributed by atoms with Gasteiger partial charge >= 0.3 is 0 Å². The summed E-state index contributed by atoms with van der Waals surface area (Å²) in [5.41, 5.74) is 0. The first-order valence-corrected chi connectivity index (χ1v) is 4.99. The molecule has 2 heteroatoms. The molecule has 0 saturated heterocycles. The molecule has 5 atom stereocenters. The summed E-state index contributed by atoms with van der Waals surface area (Å²) in [6, 6.07) is 0. The minimum Gasteiger partial charge on any atom is -0.385 e. The van der Waals surface area contributed by atoms with Crippen LogP contribution < -0.4 is 0 Å². The van der Waals surface area contributed by atoms with Gasteiger partial charge in [0.2, 0.25) is 0 Å². The van der Waals surface area contributed by atoms with E-state index in [9.17, 15) is 9.90 Å². The lowest BCUT2D eigenvalue weighted by molar-refractivity contribution is -0.160. The highest BCUT2D eigenvalue weighted by atomic mass is 16.3. The molecule has 2 nitrogen and oxygen atoms in total. The Balaban J connectivity index is 2.00. The SMILES string of the molecule is O=C1C(O)C2CC3CCC2CC13. The van der Waals surface area contributed by atoms with E-state index in [1.165, 1.54) is 12.8 Å². The molecular weight excluding hydrogens is 152 g/mol. The zero-order chi connectivity index (χ0) is 8.29. The average Bonchev–Trinajstić information content (AvgIpc) is 2.14. The molecule has 12 heavy (non-hydrogen) atoms. The molecule has 0 radical (unpaired) electrons. The molecule has 5 fully saturated rings. The quantitative estimate of drug-likeness (QED) is 0.582. The topological polar surface area (TPSA) is 37.3 Å². The Morgan fingerprint density at radius 1 is 1.17 bits per heavy atom. The van der Waals surface area contributed by atoms with Crippen molar-refractivity contribution in [3.8, 4) is 0 Å². The normalized spacial score (nSPS) is 56.4. The summed E-state index contributed by atoms with van der Waals surface area (Å²) >= 11 is 0. The number of carbonyl (C=O) groups excluding carboxylic acids is 1. The summed E-state index contributed by atoms with van der Waals surface area (Å²) in [7, 11) is 0. The second-order valence-electron chi connectivity index (χ2n) is 4.69. The Morgan fingerprint density at radius 2 is 1.92 bits per heavy atom. The molecule has 5 aliphatic rings. The zero-order valence-corrected chi connectivity index (χ0v) is 7.07. The van der Waals surface area contributed by atoms with Gasteiger partial charge in [-0.2, -0.15) is 0 Å². The molecule has 5 unspecified atom stereocenters. The van der Waals surface area contributed by atoms with Gasteiger partial charge in [0.15, 0.2) is 5.78 Å². The number of rotatable bonds is 0. The van der Waals surface area contributed by atoms with Crippen molar-refractivity contribution in [1.82, 2.24) is 0 Å². The number of carbonyl (C=O) groups is 1. The van der Waals surface area contributed by atoms with Crippen LogP contribution in [0, 0.1) is 23.7 Å². The maximum Gasteiger partial charge on any atom is 0.164 e. The molecular formula is C10H14O2. The van der Waals surface area contributed by atoms with Gasteiger partial charge in [-0.3, -0.25) is 4.79 Å². The molecule has 0 aromatic heterocycles. The van der Waals surface area contributed by atoms with Gasteiger partial charge in [0.25, 0.3) is 0 Å². The maximum atomic E-state index is 11.5. The molecule has 1 N–H and O–H groups in total. The second-order valence-corrected chi connectivity index (χ2v) is 4.69. The van der Waals surface area contributed by atoms with E-state index >= 15 is 0 Å². The first-order chi connectivity index (χ1) is 5.77. The first kappa shape index (κ1) is 7.07. The van der Waals surface area contributed by atoms with Gasteiger partial charge in [0.05, 0.1) is 0 Å².